The fourth-order valence-electron chi connectivity index (χ4n) is 1.66. The number of carbonyl (C=O) groups is 1. The second-order valence-corrected chi connectivity index (χ2v) is 4.08. The van der Waals surface area contributed by atoms with Crippen molar-refractivity contribution >= 4 is 5.97 Å². The number of nitrogens with zero attached hydrogens (tertiary/aromatic N) is 1. The minimum Gasteiger partial charge on any atom is -0.466 e. The Morgan fingerprint density at radius 3 is 2.71 bits per heavy atom. The van der Waals surface area contributed by atoms with Crippen molar-refractivity contribution in [1.82, 2.24) is 4.90 Å². The van der Waals surface area contributed by atoms with Gasteiger partial charge in [0.1, 0.15) is 0 Å². The van der Waals surface area contributed by atoms with Crippen molar-refractivity contribution in [3.8, 4) is 0 Å². The van der Waals surface area contributed by atoms with Gasteiger partial charge in [0.25, 0.3) is 0 Å². The van der Waals surface area contributed by atoms with E-state index >= 15 is 0 Å². The molecule has 1 rings (SSSR count). The van der Waals surface area contributed by atoms with Gasteiger partial charge in [-0.2, -0.15) is 0 Å². The molecule has 1 aliphatic rings. The van der Waals surface area contributed by atoms with Gasteiger partial charge in [-0.1, -0.05) is 13.8 Å². The molecule has 14 heavy (non-hydrogen) atoms. The quantitative estimate of drug-likeness (QED) is 0.498. The second-order valence-electron chi connectivity index (χ2n) is 4.08. The fraction of sp³-hybridized carbons (Fsp3) is 0.727. The molecule has 1 aliphatic heterocycles. The number of carbonyl (C=O) groups excluding carboxylic acids is 1. The van der Waals surface area contributed by atoms with E-state index in [-0.39, 0.29) is 5.97 Å². The Hall–Kier alpha value is -0.990. The molecule has 1 saturated heterocycles. The number of rotatable bonds is 2. The third-order valence-electron chi connectivity index (χ3n) is 2.99. The topological polar surface area (TPSA) is 29.5 Å². The number of ether oxygens (including phenoxy) is 1. The summed E-state index contributed by atoms with van der Waals surface area (Å²) in [5.74, 6) is 1.21. The van der Waals surface area contributed by atoms with Gasteiger partial charge in [0, 0.05) is 25.4 Å². The van der Waals surface area contributed by atoms with Crippen molar-refractivity contribution in [1.29, 1.82) is 0 Å². The normalized spacial score (nSPS) is 28.1. The molecule has 3 heteroatoms. The third-order valence-corrected chi connectivity index (χ3v) is 2.99. The fourth-order valence-corrected chi connectivity index (χ4v) is 1.66. The van der Waals surface area contributed by atoms with E-state index in [1.165, 1.54) is 19.6 Å². The predicted molar refractivity (Wildman–Crippen MR) is 55.7 cm³/mol. The largest absolute Gasteiger partial charge is 0.466 e. The van der Waals surface area contributed by atoms with Gasteiger partial charge < -0.3 is 9.64 Å². The highest BCUT2D eigenvalue weighted by molar-refractivity contribution is 5.81. The van der Waals surface area contributed by atoms with Gasteiger partial charge in [0.15, 0.2) is 0 Å². The average Bonchev–Trinajstić information content (AvgIpc) is 2.19. The lowest BCUT2D eigenvalue weighted by atomic mass is 9.89. The number of hydrogen-bond acceptors (Lipinski definition) is 3. The number of hydrogen-bond donors (Lipinski definition) is 0. The molecule has 0 aromatic carbocycles. The standard InChI is InChI=1S/C11H19NO2/c1-9-4-6-12(8-10(9)2)7-5-11(13)14-3/h5,7,9-10H,4,6,8H2,1-3H3/b7-5+. The van der Waals surface area contributed by atoms with E-state index in [0.717, 1.165) is 19.0 Å². The SMILES string of the molecule is COC(=O)/C=C/N1CCC(C)C(C)C1. The van der Waals surface area contributed by atoms with Crippen molar-refractivity contribution in [2.75, 3.05) is 20.2 Å². The van der Waals surface area contributed by atoms with Crippen LogP contribution in [0.4, 0.5) is 0 Å². The predicted octanol–water partition coefficient (Wildman–Crippen LogP) is 1.65. The molecule has 0 aromatic heterocycles. The van der Waals surface area contributed by atoms with Crippen molar-refractivity contribution < 1.29 is 9.53 Å². The number of likely N-dealkylation sites (tertiary alicyclic amines) is 1. The van der Waals surface area contributed by atoms with E-state index in [4.69, 9.17) is 0 Å². The summed E-state index contributed by atoms with van der Waals surface area (Å²) in [4.78, 5) is 13.0. The molecule has 2 atom stereocenters. The zero-order valence-electron chi connectivity index (χ0n) is 9.19. The van der Waals surface area contributed by atoms with Gasteiger partial charge in [0.05, 0.1) is 7.11 Å². The first-order valence-electron chi connectivity index (χ1n) is 5.13. The van der Waals surface area contributed by atoms with Crippen LogP contribution in [0.25, 0.3) is 0 Å². The summed E-state index contributed by atoms with van der Waals surface area (Å²) in [6.45, 7) is 6.61. The van der Waals surface area contributed by atoms with E-state index < -0.39 is 0 Å². The Morgan fingerprint density at radius 1 is 1.43 bits per heavy atom. The molecule has 0 aliphatic carbocycles. The Morgan fingerprint density at radius 2 is 2.14 bits per heavy atom. The van der Waals surface area contributed by atoms with Crippen LogP contribution in [0.1, 0.15) is 20.3 Å². The van der Waals surface area contributed by atoms with Crippen LogP contribution in [0.15, 0.2) is 12.3 Å². The minimum absolute atomic E-state index is 0.281. The highest BCUT2D eigenvalue weighted by Gasteiger charge is 2.20. The van der Waals surface area contributed by atoms with E-state index in [9.17, 15) is 4.79 Å². The molecule has 80 valence electrons. The first-order valence-corrected chi connectivity index (χ1v) is 5.13. The van der Waals surface area contributed by atoms with Crippen LogP contribution in [0.3, 0.4) is 0 Å². The second kappa shape index (κ2) is 5.03. The Kier molecular flexibility index (Phi) is 3.98. The number of esters is 1. The van der Waals surface area contributed by atoms with Gasteiger partial charge in [0.2, 0.25) is 0 Å². The van der Waals surface area contributed by atoms with Crippen molar-refractivity contribution in [3.63, 3.8) is 0 Å². The maximum Gasteiger partial charge on any atom is 0.331 e. The summed E-state index contributed by atoms with van der Waals surface area (Å²) in [5, 5.41) is 0. The van der Waals surface area contributed by atoms with Crippen LogP contribution in [-0.2, 0) is 9.53 Å². The molecule has 0 aromatic rings. The van der Waals surface area contributed by atoms with Gasteiger partial charge in [-0.3, -0.25) is 0 Å². The lowest BCUT2D eigenvalue weighted by molar-refractivity contribution is -0.134. The smallest absolute Gasteiger partial charge is 0.331 e. The molecule has 0 bridgehead atoms. The zero-order valence-corrected chi connectivity index (χ0v) is 9.19. The van der Waals surface area contributed by atoms with Crippen LogP contribution in [0.2, 0.25) is 0 Å². The third kappa shape index (κ3) is 3.05. The minimum atomic E-state index is -0.281. The van der Waals surface area contributed by atoms with Crippen molar-refractivity contribution in [3.05, 3.63) is 12.3 Å². The monoisotopic (exact) mass is 197 g/mol. The van der Waals surface area contributed by atoms with Gasteiger partial charge >= 0.3 is 5.97 Å². The number of methoxy groups -OCH3 is 1. The van der Waals surface area contributed by atoms with Crippen LogP contribution < -0.4 is 0 Å². The van der Waals surface area contributed by atoms with Gasteiger partial charge in [-0.05, 0) is 18.3 Å². The first kappa shape index (κ1) is 11.1. The highest BCUT2D eigenvalue weighted by atomic mass is 16.5. The van der Waals surface area contributed by atoms with Crippen LogP contribution in [0, 0.1) is 11.8 Å². The Bertz CT molecular complexity index is 225. The van der Waals surface area contributed by atoms with E-state index in [2.05, 4.69) is 23.5 Å². The van der Waals surface area contributed by atoms with E-state index in [1.54, 1.807) is 0 Å². The lowest BCUT2D eigenvalue weighted by Crippen LogP contribution is -2.34. The summed E-state index contributed by atoms with van der Waals surface area (Å²) in [6.07, 6.45) is 4.53. The summed E-state index contributed by atoms with van der Waals surface area (Å²) in [7, 11) is 1.40. The van der Waals surface area contributed by atoms with Crippen molar-refractivity contribution in [2.24, 2.45) is 11.8 Å². The Balaban J connectivity index is 2.40. The molecule has 2 unspecified atom stereocenters. The number of piperidine rings is 1. The highest BCUT2D eigenvalue weighted by Crippen LogP contribution is 2.22. The lowest BCUT2D eigenvalue weighted by Gasteiger charge is -2.34. The zero-order chi connectivity index (χ0) is 10.6. The van der Waals surface area contributed by atoms with E-state index in [1.807, 2.05) is 6.20 Å². The molecular formula is C11H19NO2. The van der Waals surface area contributed by atoms with E-state index in [0.29, 0.717) is 5.92 Å². The van der Waals surface area contributed by atoms with Gasteiger partial charge in [-0.25, -0.2) is 4.79 Å². The molecule has 0 radical (unpaired) electrons. The maximum absolute atomic E-state index is 10.9. The molecule has 0 N–H and O–H groups in total. The summed E-state index contributed by atoms with van der Waals surface area (Å²) in [5.41, 5.74) is 0. The van der Waals surface area contributed by atoms with Crippen LogP contribution in [-0.4, -0.2) is 31.1 Å². The average molecular weight is 197 g/mol. The molecule has 1 fully saturated rings. The van der Waals surface area contributed by atoms with Crippen LogP contribution in [0.5, 0.6) is 0 Å². The molecule has 0 amide bonds. The summed E-state index contributed by atoms with van der Waals surface area (Å²) in [6, 6.07) is 0. The van der Waals surface area contributed by atoms with Crippen LogP contribution >= 0.6 is 0 Å². The molecule has 3 nitrogen and oxygen atoms in total. The molecular weight excluding hydrogens is 178 g/mol. The summed E-state index contributed by atoms with van der Waals surface area (Å²) < 4.78 is 4.54. The molecule has 0 spiro atoms. The van der Waals surface area contributed by atoms with Gasteiger partial charge in [-0.15, -0.1) is 0 Å². The molecule has 1 heterocycles. The maximum atomic E-state index is 10.9. The van der Waals surface area contributed by atoms with Crippen molar-refractivity contribution in [2.45, 2.75) is 20.3 Å². The molecule has 0 saturated carbocycles. The first-order chi connectivity index (χ1) is 6.63. The Labute approximate surface area is 85.7 Å². The summed E-state index contributed by atoms with van der Waals surface area (Å²) >= 11 is 0.